The Bertz CT molecular complexity index is 1810. The highest BCUT2D eigenvalue weighted by atomic mass is 35.5. The number of fused-ring (bicyclic) bond motifs is 1. The lowest BCUT2D eigenvalue weighted by Crippen LogP contribution is -2.48. The number of alkyl halides is 3. The maximum Gasteiger partial charge on any atom is 0.416 e. The van der Waals surface area contributed by atoms with Crippen LogP contribution in [0.2, 0.25) is 5.02 Å². The molecule has 1 aliphatic heterocycles. The number of nitrogens with zero attached hydrogens (tertiary/aromatic N) is 4. The largest absolute Gasteiger partial charge is 0.465 e. The minimum Gasteiger partial charge on any atom is -0.465 e. The number of carbonyl (C=O) groups is 1. The SMILES string of the molecule is CCS(=O)(=O)c1ccc(C#N)cc1Cn1c(=O)[nH]c2c(Cl)c(CN3CCN(C(=O)O)CC3)c(C(F)(F)F)cc2c1=O. The normalized spacial score (nSPS) is 14.8. The van der Waals surface area contributed by atoms with Gasteiger partial charge in [0.1, 0.15) is 0 Å². The molecule has 2 N–H and O–H groups in total. The number of aromatic nitrogens is 2. The third-order valence-corrected chi connectivity index (χ3v) is 9.13. The monoisotopic (exact) mass is 613 g/mol. The lowest BCUT2D eigenvalue weighted by molar-refractivity contribution is -0.138. The first kappa shape index (κ1) is 30.1. The van der Waals surface area contributed by atoms with Gasteiger partial charge in [0, 0.05) is 32.7 Å². The second kappa shape index (κ2) is 11.2. The van der Waals surface area contributed by atoms with Crippen LogP contribution in [0.4, 0.5) is 18.0 Å². The molecule has 0 atom stereocenters. The molecule has 1 fully saturated rings. The second-order valence-electron chi connectivity index (χ2n) is 9.34. The molecule has 0 unspecified atom stereocenters. The number of H-pyrrole nitrogens is 1. The standard InChI is InChI=1S/C25H23ClF3N5O6S/c1-2-41(39,40)19-4-3-14(11-30)9-15(19)12-34-22(35)16-10-18(25(27,28)29)17(20(26)21(16)31-23(34)36)13-32-5-7-33(8-6-32)24(37)38/h3-4,9-10H,2,5-8,12-13H2,1H3,(H,31,36)(H,37,38). The van der Waals surface area contributed by atoms with E-state index in [0.29, 0.717) is 10.6 Å². The van der Waals surface area contributed by atoms with Crippen molar-refractivity contribution in [2.24, 2.45) is 0 Å². The van der Waals surface area contributed by atoms with Crippen molar-refractivity contribution in [3.63, 3.8) is 0 Å². The molecular weight excluding hydrogens is 591 g/mol. The van der Waals surface area contributed by atoms with E-state index in [1.807, 2.05) is 6.07 Å². The number of nitrogens with one attached hydrogen (secondary N) is 1. The molecule has 0 spiro atoms. The molecule has 3 aromatic rings. The molecule has 2 heterocycles. The van der Waals surface area contributed by atoms with Crippen LogP contribution in [0.25, 0.3) is 10.9 Å². The van der Waals surface area contributed by atoms with Crippen LogP contribution in [0.3, 0.4) is 0 Å². The van der Waals surface area contributed by atoms with Crippen molar-refractivity contribution in [1.29, 1.82) is 5.26 Å². The molecule has 4 rings (SSSR count). The Kier molecular flexibility index (Phi) is 8.21. The van der Waals surface area contributed by atoms with Crippen LogP contribution in [0.5, 0.6) is 0 Å². The molecule has 0 aliphatic carbocycles. The number of rotatable bonds is 6. The number of halogens is 4. The molecule has 16 heteroatoms. The molecule has 1 aliphatic rings. The Morgan fingerprint density at radius 3 is 2.37 bits per heavy atom. The molecule has 0 saturated carbocycles. The van der Waals surface area contributed by atoms with Gasteiger partial charge in [0.05, 0.1) is 50.3 Å². The quantitative estimate of drug-likeness (QED) is 0.430. The molecule has 218 valence electrons. The zero-order valence-electron chi connectivity index (χ0n) is 21.5. The average molecular weight is 614 g/mol. The molecule has 11 nitrogen and oxygen atoms in total. The van der Waals surface area contributed by atoms with Crippen LogP contribution in [0, 0.1) is 11.3 Å². The number of aromatic amines is 1. The van der Waals surface area contributed by atoms with E-state index in [-0.39, 0.29) is 65.6 Å². The Hall–Kier alpha value is -3.87. The summed E-state index contributed by atoms with van der Waals surface area (Å²) in [6.45, 7) is 0.862. The van der Waals surface area contributed by atoms with Gasteiger partial charge in [0.25, 0.3) is 5.56 Å². The van der Waals surface area contributed by atoms with Crippen LogP contribution in [-0.4, -0.2) is 70.9 Å². The number of benzene rings is 2. The Labute approximate surface area is 235 Å². The fourth-order valence-electron chi connectivity index (χ4n) is 4.67. The summed E-state index contributed by atoms with van der Waals surface area (Å²) in [5.74, 6) is -0.312. The minimum absolute atomic E-state index is 0.0524. The predicted molar refractivity (Wildman–Crippen MR) is 142 cm³/mol. The summed E-state index contributed by atoms with van der Waals surface area (Å²) in [5.41, 5.74) is -4.10. The summed E-state index contributed by atoms with van der Waals surface area (Å²) in [7, 11) is -3.85. The van der Waals surface area contributed by atoms with Gasteiger partial charge < -0.3 is 15.0 Å². The Morgan fingerprint density at radius 2 is 1.80 bits per heavy atom. The maximum atomic E-state index is 14.2. The summed E-state index contributed by atoms with van der Waals surface area (Å²) >= 11 is 6.39. The van der Waals surface area contributed by atoms with E-state index in [2.05, 4.69) is 4.98 Å². The van der Waals surface area contributed by atoms with E-state index in [1.165, 1.54) is 25.1 Å². The number of nitriles is 1. The van der Waals surface area contributed by atoms with Gasteiger partial charge in [-0.2, -0.15) is 18.4 Å². The first-order chi connectivity index (χ1) is 19.2. The predicted octanol–water partition coefficient (Wildman–Crippen LogP) is 2.87. The number of hydrogen-bond donors (Lipinski definition) is 2. The van der Waals surface area contributed by atoms with Gasteiger partial charge >= 0.3 is 18.0 Å². The van der Waals surface area contributed by atoms with Crippen molar-refractivity contribution < 1.29 is 31.5 Å². The summed E-state index contributed by atoms with van der Waals surface area (Å²) < 4.78 is 68.4. The number of hydrogen-bond acceptors (Lipinski definition) is 7. The van der Waals surface area contributed by atoms with Crippen LogP contribution in [-0.2, 0) is 29.1 Å². The van der Waals surface area contributed by atoms with Gasteiger partial charge in [-0.15, -0.1) is 0 Å². The van der Waals surface area contributed by atoms with Crippen LogP contribution in [0.15, 0.2) is 38.8 Å². The van der Waals surface area contributed by atoms with Gasteiger partial charge in [-0.05, 0) is 35.4 Å². The Balaban J connectivity index is 1.85. The maximum absolute atomic E-state index is 14.2. The molecule has 0 bridgehead atoms. The summed E-state index contributed by atoms with van der Waals surface area (Å²) in [6.07, 6.45) is -6.08. The summed E-state index contributed by atoms with van der Waals surface area (Å²) in [6, 6.07) is 6.06. The van der Waals surface area contributed by atoms with Gasteiger partial charge in [0.15, 0.2) is 9.84 Å². The zero-order valence-corrected chi connectivity index (χ0v) is 23.0. The number of carboxylic acid groups (broad SMARTS) is 1. The highest BCUT2D eigenvalue weighted by Crippen LogP contribution is 2.38. The number of piperazine rings is 1. The molecule has 1 amide bonds. The highest BCUT2D eigenvalue weighted by Gasteiger charge is 2.37. The molecule has 0 radical (unpaired) electrons. The van der Waals surface area contributed by atoms with Gasteiger partial charge in [-0.25, -0.2) is 18.0 Å². The first-order valence-corrected chi connectivity index (χ1v) is 14.2. The van der Waals surface area contributed by atoms with E-state index < -0.39 is 55.9 Å². The van der Waals surface area contributed by atoms with Crippen molar-refractivity contribution >= 4 is 38.4 Å². The fraction of sp³-hybridized carbons (Fsp3) is 0.360. The first-order valence-electron chi connectivity index (χ1n) is 12.2. The third kappa shape index (κ3) is 5.95. The highest BCUT2D eigenvalue weighted by molar-refractivity contribution is 7.91. The molecule has 41 heavy (non-hydrogen) atoms. The zero-order chi connectivity index (χ0) is 30.3. The fourth-order valence-corrected chi connectivity index (χ4v) is 6.09. The van der Waals surface area contributed by atoms with E-state index in [1.54, 1.807) is 4.90 Å². The van der Waals surface area contributed by atoms with Crippen LogP contribution < -0.4 is 11.2 Å². The molecule has 1 saturated heterocycles. The molecular formula is C25H23ClF3N5O6S. The minimum atomic E-state index is -4.94. The van der Waals surface area contributed by atoms with Gasteiger partial charge in [-0.3, -0.25) is 14.3 Å². The van der Waals surface area contributed by atoms with Crippen molar-refractivity contribution in [2.45, 2.75) is 31.1 Å². The number of amides is 1. The van der Waals surface area contributed by atoms with Crippen molar-refractivity contribution in [1.82, 2.24) is 19.4 Å². The molecule has 1 aromatic heterocycles. The van der Waals surface area contributed by atoms with Crippen LogP contribution >= 0.6 is 11.6 Å². The van der Waals surface area contributed by atoms with E-state index >= 15 is 0 Å². The van der Waals surface area contributed by atoms with Gasteiger partial charge in [0.2, 0.25) is 0 Å². The van der Waals surface area contributed by atoms with Crippen molar-refractivity contribution in [3.8, 4) is 6.07 Å². The summed E-state index contributed by atoms with van der Waals surface area (Å²) in [4.78, 5) is 42.4. The topological polar surface area (TPSA) is 157 Å². The summed E-state index contributed by atoms with van der Waals surface area (Å²) in [5, 5.41) is 17.3. The van der Waals surface area contributed by atoms with E-state index in [9.17, 15) is 41.2 Å². The van der Waals surface area contributed by atoms with Crippen LogP contribution in [0.1, 0.15) is 29.2 Å². The smallest absolute Gasteiger partial charge is 0.416 e. The Morgan fingerprint density at radius 1 is 1.15 bits per heavy atom. The third-order valence-electron chi connectivity index (χ3n) is 6.88. The second-order valence-corrected chi connectivity index (χ2v) is 12.0. The molecule has 2 aromatic carbocycles. The van der Waals surface area contributed by atoms with E-state index in [0.717, 1.165) is 4.90 Å². The van der Waals surface area contributed by atoms with Crippen molar-refractivity contribution in [3.05, 3.63) is 72.4 Å². The van der Waals surface area contributed by atoms with Gasteiger partial charge in [-0.1, -0.05) is 18.5 Å². The lowest BCUT2D eigenvalue weighted by atomic mass is 10.0. The number of sulfone groups is 1. The average Bonchev–Trinajstić information content (AvgIpc) is 2.92. The van der Waals surface area contributed by atoms with Crippen molar-refractivity contribution in [2.75, 3.05) is 31.9 Å². The lowest BCUT2D eigenvalue weighted by Gasteiger charge is -2.33. The van der Waals surface area contributed by atoms with E-state index in [4.69, 9.17) is 16.7 Å².